The van der Waals surface area contributed by atoms with Crippen LogP contribution in [-0.4, -0.2) is 39.9 Å². The van der Waals surface area contributed by atoms with Gasteiger partial charge in [-0.1, -0.05) is 0 Å². The Bertz CT molecular complexity index is 599. The highest BCUT2D eigenvalue weighted by molar-refractivity contribution is 7.00. The second-order valence-electron chi connectivity index (χ2n) is 6.18. The first-order valence-corrected chi connectivity index (χ1v) is 8.68. The molecule has 2 aliphatic heterocycles. The standard InChI is InChI=1S/C15H21N5S/c1-6-16-7-2-11(1)12-4-9-20(10-5-12)13-3-8-17-15-14(13)18-21-19-15/h3,8,11-12,16H,1-2,4-7,9-10H2. The molecule has 2 aliphatic rings. The maximum Gasteiger partial charge on any atom is 0.195 e. The zero-order valence-corrected chi connectivity index (χ0v) is 13.0. The number of nitrogens with one attached hydrogen (secondary N) is 1. The van der Waals surface area contributed by atoms with Gasteiger partial charge in [-0.05, 0) is 56.7 Å². The number of fused-ring (bicyclic) bond motifs is 1. The Labute approximate surface area is 129 Å². The van der Waals surface area contributed by atoms with Crippen molar-refractivity contribution >= 4 is 28.6 Å². The van der Waals surface area contributed by atoms with Gasteiger partial charge in [-0.15, -0.1) is 0 Å². The number of hydrogen-bond acceptors (Lipinski definition) is 6. The maximum atomic E-state index is 4.42. The van der Waals surface area contributed by atoms with Crippen LogP contribution in [0.3, 0.4) is 0 Å². The summed E-state index contributed by atoms with van der Waals surface area (Å²) in [6, 6.07) is 2.09. The monoisotopic (exact) mass is 303 g/mol. The molecule has 0 radical (unpaired) electrons. The zero-order chi connectivity index (χ0) is 14.1. The molecule has 0 bridgehead atoms. The summed E-state index contributed by atoms with van der Waals surface area (Å²) in [4.78, 5) is 6.76. The largest absolute Gasteiger partial charge is 0.370 e. The minimum Gasteiger partial charge on any atom is -0.370 e. The summed E-state index contributed by atoms with van der Waals surface area (Å²) >= 11 is 1.26. The Hall–Kier alpha value is -1.27. The number of anilines is 1. The molecule has 0 spiro atoms. The molecule has 0 saturated carbocycles. The third-order valence-electron chi connectivity index (χ3n) is 5.07. The van der Waals surface area contributed by atoms with Gasteiger partial charge in [-0.3, -0.25) is 0 Å². The smallest absolute Gasteiger partial charge is 0.195 e. The predicted octanol–water partition coefficient (Wildman–Crippen LogP) is 2.30. The minimum absolute atomic E-state index is 0.790. The van der Waals surface area contributed by atoms with E-state index in [9.17, 15) is 0 Å². The fraction of sp³-hybridized carbons (Fsp3) is 0.667. The molecule has 0 aromatic carbocycles. The first-order valence-electron chi connectivity index (χ1n) is 7.95. The van der Waals surface area contributed by atoms with Crippen molar-refractivity contribution in [2.75, 3.05) is 31.1 Å². The summed E-state index contributed by atoms with van der Waals surface area (Å²) < 4.78 is 8.67. The van der Waals surface area contributed by atoms with E-state index >= 15 is 0 Å². The summed E-state index contributed by atoms with van der Waals surface area (Å²) in [5, 5.41) is 3.47. The van der Waals surface area contributed by atoms with Crippen molar-refractivity contribution in [1.29, 1.82) is 0 Å². The molecule has 1 N–H and O–H groups in total. The molecule has 0 amide bonds. The average Bonchev–Trinajstić information content (AvgIpc) is 3.04. The molecular weight excluding hydrogens is 282 g/mol. The van der Waals surface area contributed by atoms with Crippen LogP contribution in [0.5, 0.6) is 0 Å². The summed E-state index contributed by atoms with van der Waals surface area (Å²) in [5.41, 5.74) is 2.98. The highest BCUT2D eigenvalue weighted by atomic mass is 32.1. The fourth-order valence-electron chi connectivity index (χ4n) is 3.87. The summed E-state index contributed by atoms with van der Waals surface area (Å²) in [7, 11) is 0. The van der Waals surface area contributed by atoms with Crippen molar-refractivity contribution in [2.45, 2.75) is 25.7 Å². The van der Waals surface area contributed by atoms with Gasteiger partial charge in [0.1, 0.15) is 5.52 Å². The fourth-order valence-corrected chi connectivity index (χ4v) is 4.38. The Morgan fingerprint density at radius 1 is 1.05 bits per heavy atom. The van der Waals surface area contributed by atoms with Crippen molar-refractivity contribution < 1.29 is 0 Å². The number of aromatic nitrogens is 3. The first kappa shape index (κ1) is 13.4. The van der Waals surface area contributed by atoms with Crippen molar-refractivity contribution in [3.63, 3.8) is 0 Å². The molecule has 112 valence electrons. The van der Waals surface area contributed by atoms with E-state index < -0.39 is 0 Å². The normalized spacial score (nSPS) is 22.0. The van der Waals surface area contributed by atoms with Crippen LogP contribution in [0.4, 0.5) is 5.69 Å². The van der Waals surface area contributed by atoms with Gasteiger partial charge in [0.15, 0.2) is 5.65 Å². The zero-order valence-electron chi connectivity index (χ0n) is 12.2. The minimum atomic E-state index is 0.790. The van der Waals surface area contributed by atoms with E-state index in [1.54, 1.807) is 0 Å². The second-order valence-corrected chi connectivity index (χ2v) is 6.71. The van der Waals surface area contributed by atoms with Gasteiger partial charge in [0.25, 0.3) is 0 Å². The Morgan fingerprint density at radius 3 is 2.62 bits per heavy atom. The first-order chi connectivity index (χ1) is 10.4. The van der Waals surface area contributed by atoms with Crippen molar-refractivity contribution in [3.05, 3.63) is 12.3 Å². The number of piperidine rings is 2. The summed E-state index contributed by atoms with van der Waals surface area (Å²) in [6.45, 7) is 4.71. The number of hydrogen-bond donors (Lipinski definition) is 1. The maximum absolute atomic E-state index is 4.42. The van der Waals surface area contributed by atoms with Gasteiger partial charge in [-0.2, -0.15) is 8.75 Å². The van der Waals surface area contributed by atoms with Crippen LogP contribution < -0.4 is 10.2 Å². The summed E-state index contributed by atoms with van der Waals surface area (Å²) in [5.74, 6) is 1.85. The molecule has 2 saturated heterocycles. The molecule has 2 aromatic heterocycles. The average molecular weight is 303 g/mol. The van der Waals surface area contributed by atoms with Crippen molar-refractivity contribution in [1.82, 2.24) is 19.0 Å². The molecule has 5 nitrogen and oxygen atoms in total. The molecule has 0 atom stereocenters. The lowest BCUT2D eigenvalue weighted by atomic mass is 9.79. The third-order valence-corrected chi connectivity index (χ3v) is 5.59. The van der Waals surface area contributed by atoms with Crippen LogP contribution in [-0.2, 0) is 0 Å². The highest BCUT2D eigenvalue weighted by Crippen LogP contribution is 2.33. The van der Waals surface area contributed by atoms with Crippen LogP contribution in [0, 0.1) is 11.8 Å². The molecule has 4 rings (SSSR count). The Balaban J connectivity index is 1.46. The molecule has 0 unspecified atom stereocenters. The van der Waals surface area contributed by atoms with Gasteiger partial charge in [0.2, 0.25) is 0 Å². The van der Waals surface area contributed by atoms with Gasteiger partial charge in [0, 0.05) is 19.3 Å². The van der Waals surface area contributed by atoms with Crippen molar-refractivity contribution in [2.24, 2.45) is 11.8 Å². The second kappa shape index (κ2) is 5.85. The summed E-state index contributed by atoms with van der Waals surface area (Å²) in [6.07, 6.45) is 7.20. The van der Waals surface area contributed by atoms with Crippen LogP contribution in [0.2, 0.25) is 0 Å². The van der Waals surface area contributed by atoms with E-state index in [-0.39, 0.29) is 0 Å². The predicted molar refractivity (Wildman–Crippen MR) is 85.7 cm³/mol. The lowest BCUT2D eigenvalue weighted by Crippen LogP contribution is -2.39. The SMILES string of the molecule is c1cc(N2CCC(C3CCNCC3)CC2)c2nsnc2n1. The molecule has 6 heteroatoms. The van der Waals surface area contributed by atoms with E-state index in [1.807, 2.05) is 6.20 Å². The lowest BCUT2D eigenvalue weighted by molar-refractivity contribution is 0.222. The molecule has 2 fully saturated rings. The molecular formula is C15H21N5S. The molecule has 21 heavy (non-hydrogen) atoms. The Morgan fingerprint density at radius 2 is 1.81 bits per heavy atom. The number of rotatable bonds is 2. The van der Waals surface area contributed by atoms with Gasteiger partial charge in [0.05, 0.1) is 17.4 Å². The van der Waals surface area contributed by atoms with Gasteiger partial charge in [-0.25, -0.2) is 4.98 Å². The number of pyridine rings is 1. The van der Waals surface area contributed by atoms with Crippen LogP contribution in [0.25, 0.3) is 11.2 Å². The molecule has 0 aliphatic carbocycles. The lowest BCUT2D eigenvalue weighted by Gasteiger charge is -2.38. The topological polar surface area (TPSA) is 53.9 Å². The van der Waals surface area contributed by atoms with Crippen LogP contribution in [0.1, 0.15) is 25.7 Å². The third kappa shape index (κ3) is 2.62. The highest BCUT2D eigenvalue weighted by Gasteiger charge is 2.28. The van der Waals surface area contributed by atoms with E-state index in [4.69, 9.17) is 0 Å². The van der Waals surface area contributed by atoms with E-state index in [0.29, 0.717) is 0 Å². The van der Waals surface area contributed by atoms with Gasteiger partial charge < -0.3 is 10.2 Å². The van der Waals surface area contributed by atoms with Crippen LogP contribution >= 0.6 is 11.7 Å². The Kier molecular flexibility index (Phi) is 3.73. The quantitative estimate of drug-likeness (QED) is 0.922. The number of nitrogens with zero attached hydrogens (tertiary/aromatic N) is 4. The molecule has 2 aromatic rings. The van der Waals surface area contributed by atoms with E-state index in [0.717, 1.165) is 36.1 Å². The van der Waals surface area contributed by atoms with Crippen molar-refractivity contribution in [3.8, 4) is 0 Å². The van der Waals surface area contributed by atoms with Gasteiger partial charge >= 0.3 is 0 Å². The van der Waals surface area contributed by atoms with E-state index in [2.05, 4.69) is 30.0 Å². The van der Waals surface area contributed by atoms with E-state index in [1.165, 1.54) is 56.2 Å². The molecule has 4 heterocycles. The van der Waals surface area contributed by atoms with Crippen LogP contribution in [0.15, 0.2) is 12.3 Å².